The number of hydrogen-bond donors (Lipinski definition) is 1. The van der Waals surface area contributed by atoms with E-state index in [1.165, 1.54) is 22.0 Å². The van der Waals surface area contributed by atoms with Crippen LogP contribution in [0.4, 0.5) is 0 Å². The van der Waals surface area contributed by atoms with Crippen molar-refractivity contribution in [1.29, 1.82) is 0 Å². The third-order valence-corrected chi connectivity index (χ3v) is 2.60. The van der Waals surface area contributed by atoms with E-state index < -0.39 is 0 Å². The van der Waals surface area contributed by atoms with E-state index in [0.29, 0.717) is 0 Å². The van der Waals surface area contributed by atoms with Crippen LogP contribution < -0.4 is 5.84 Å². The first-order valence-electron chi connectivity index (χ1n) is 3.67. The van der Waals surface area contributed by atoms with Crippen LogP contribution in [-0.2, 0) is 0 Å². The number of rotatable bonds is 1. The molecule has 2 rings (SSSR count). The number of nitrogens with zero attached hydrogens (tertiary/aromatic N) is 2. The van der Waals surface area contributed by atoms with Crippen LogP contribution in [0.3, 0.4) is 0 Å². The average molecular weight is 179 g/mol. The van der Waals surface area contributed by atoms with Crippen molar-refractivity contribution >= 4 is 18.2 Å². The fourth-order valence-corrected chi connectivity index (χ4v) is 1.82. The van der Waals surface area contributed by atoms with Gasteiger partial charge in [0.1, 0.15) is 0 Å². The minimum absolute atomic E-state index is 0.274. The Bertz CT molecular complexity index is 286. The van der Waals surface area contributed by atoms with Gasteiger partial charge in [0.25, 0.3) is 0 Å². The molecule has 0 aliphatic carbocycles. The first-order valence-corrected chi connectivity index (χ1v) is 4.50. The highest BCUT2D eigenvalue weighted by atomic mass is 32.2. The number of hydrazine groups is 1. The Hall–Kier alpha value is -1.00. The van der Waals surface area contributed by atoms with Crippen molar-refractivity contribution in [3.05, 3.63) is 35.9 Å². The first kappa shape index (κ1) is 7.64. The lowest BCUT2D eigenvalue weighted by Crippen LogP contribution is -2.12. The van der Waals surface area contributed by atoms with E-state index in [1.807, 2.05) is 24.4 Å². The lowest BCUT2D eigenvalue weighted by Gasteiger charge is -2.07. The molecular weight excluding hydrogens is 170 g/mol. The van der Waals surface area contributed by atoms with E-state index in [9.17, 15) is 0 Å². The summed E-state index contributed by atoms with van der Waals surface area (Å²) in [5.74, 6) is 5.46. The second-order valence-electron chi connectivity index (χ2n) is 2.50. The van der Waals surface area contributed by atoms with Crippen LogP contribution in [0.5, 0.6) is 0 Å². The summed E-state index contributed by atoms with van der Waals surface area (Å²) in [5.41, 5.74) is 1.24. The molecule has 0 bridgehead atoms. The van der Waals surface area contributed by atoms with Crippen molar-refractivity contribution in [3.8, 4) is 0 Å². The second-order valence-corrected chi connectivity index (χ2v) is 3.60. The molecule has 0 saturated carbocycles. The SMILES string of the molecule is NN1N=CC(c2ccccc2)S1. The molecule has 0 aromatic heterocycles. The summed E-state index contributed by atoms with van der Waals surface area (Å²) in [6.07, 6.45) is 1.85. The molecule has 1 atom stereocenters. The zero-order valence-corrected chi connectivity index (χ0v) is 7.24. The van der Waals surface area contributed by atoms with Gasteiger partial charge in [0.15, 0.2) is 0 Å². The molecule has 0 radical (unpaired) electrons. The molecule has 0 saturated heterocycles. The van der Waals surface area contributed by atoms with Gasteiger partial charge in [-0.1, -0.05) is 30.3 Å². The van der Waals surface area contributed by atoms with Crippen molar-refractivity contribution in [1.82, 2.24) is 4.52 Å². The van der Waals surface area contributed by atoms with Gasteiger partial charge in [-0.25, -0.2) is 5.84 Å². The summed E-state index contributed by atoms with van der Waals surface area (Å²) in [4.78, 5) is 0. The summed E-state index contributed by atoms with van der Waals surface area (Å²) in [6, 6.07) is 10.2. The van der Waals surface area contributed by atoms with Gasteiger partial charge in [0.05, 0.1) is 5.25 Å². The van der Waals surface area contributed by atoms with Gasteiger partial charge in [0.2, 0.25) is 0 Å². The molecule has 1 aromatic carbocycles. The van der Waals surface area contributed by atoms with Crippen molar-refractivity contribution in [3.63, 3.8) is 0 Å². The Labute approximate surface area is 75.3 Å². The standard InChI is InChI=1S/C8H9N3S/c9-11-10-6-8(12-11)7-4-2-1-3-5-7/h1-6,8H,9H2. The fraction of sp³-hybridized carbons (Fsp3) is 0.125. The second kappa shape index (κ2) is 3.16. The minimum atomic E-state index is 0.274. The number of benzene rings is 1. The van der Waals surface area contributed by atoms with Crippen LogP contribution in [0, 0.1) is 0 Å². The number of nitrogens with two attached hydrogens (primary N) is 1. The molecule has 1 unspecified atom stereocenters. The zero-order valence-electron chi connectivity index (χ0n) is 6.42. The van der Waals surface area contributed by atoms with Crippen LogP contribution in [0.25, 0.3) is 0 Å². The monoisotopic (exact) mass is 179 g/mol. The van der Waals surface area contributed by atoms with Gasteiger partial charge >= 0.3 is 0 Å². The van der Waals surface area contributed by atoms with Crippen LogP contribution in [0.15, 0.2) is 35.4 Å². The molecule has 62 valence electrons. The summed E-state index contributed by atoms with van der Waals surface area (Å²) in [6.45, 7) is 0. The number of hydrogen-bond acceptors (Lipinski definition) is 4. The molecule has 12 heavy (non-hydrogen) atoms. The molecule has 2 N–H and O–H groups in total. The van der Waals surface area contributed by atoms with Crippen LogP contribution in [0.1, 0.15) is 10.8 Å². The maximum atomic E-state index is 5.46. The molecule has 0 spiro atoms. The molecule has 3 nitrogen and oxygen atoms in total. The predicted molar refractivity (Wildman–Crippen MR) is 51.3 cm³/mol. The molecular formula is C8H9N3S. The first-order chi connectivity index (χ1) is 5.86. The maximum absolute atomic E-state index is 5.46. The Morgan fingerprint density at radius 3 is 2.67 bits per heavy atom. The van der Waals surface area contributed by atoms with Crippen molar-refractivity contribution in [2.45, 2.75) is 5.25 Å². The fourth-order valence-electron chi connectivity index (χ4n) is 1.09. The molecule has 1 aliphatic rings. The van der Waals surface area contributed by atoms with Gasteiger partial charge in [-0.3, -0.25) is 0 Å². The van der Waals surface area contributed by atoms with E-state index in [1.54, 1.807) is 0 Å². The van der Waals surface area contributed by atoms with E-state index >= 15 is 0 Å². The summed E-state index contributed by atoms with van der Waals surface area (Å²) >= 11 is 1.51. The minimum Gasteiger partial charge on any atom is -0.220 e. The summed E-state index contributed by atoms with van der Waals surface area (Å²) in [7, 11) is 0. The van der Waals surface area contributed by atoms with E-state index in [4.69, 9.17) is 5.84 Å². The van der Waals surface area contributed by atoms with Crippen LogP contribution in [-0.4, -0.2) is 10.7 Å². The van der Waals surface area contributed by atoms with Crippen LogP contribution >= 0.6 is 11.9 Å². The van der Waals surface area contributed by atoms with Crippen molar-refractivity contribution in [2.75, 3.05) is 0 Å². The largest absolute Gasteiger partial charge is 0.220 e. The Kier molecular flexibility index (Phi) is 2.01. The molecule has 0 amide bonds. The highest BCUT2D eigenvalue weighted by Crippen LogP contribution is 2.32. The summed E-state index contributed by atoms with van der Waals surface area (Å²) in [5, 5.41) is 4.22. The van der Waals surface area contributed by atoms with E-state index in [0.717, 1.165) is 0 Å². The Morgan fingerprint density at radius 2 is 2.08 bits per heavy atom. The zero-order chi connectivity index (χ0) is 8.39. The number of hydrazone groups is 1. The lowest BCUT2D eigenvalue weighted by molar-refractivity contribution is 0.547. The highest BCUT2D eigenvalue weighted by Gasteiger charge is 2.17. The van der Waals surface area contributed by atoms with Gasteiger partial charge in [-0.2, -0.15) is 9.62 Å². The molecule has 0 fully saturated rings. The van der Waals surface area contributed by atoms with Crippen molar-refractivity contribution in [2.24, 2.45) is 10.9 Å². The third kappa shape index (κ3) is 1.44. The van der Waals surface area contributed by atoms with Gasteiger partial charge in [-0.15, -0.1) is 0 Å². The molecule has 4 heteroatoms. The lowest BCUT2D eigenvalue weighted by atomic mass is 10.2. The Morgan fingerprint density at radius 1 is 1.33 bits per heavy atom. The quantitative estimate of drug-likeness (QED) is 0.525. The average Bonchev–Trinajstić information content (AvgIpc) is 2.54. The van der Waals surface area contributed by atoms with Gasteiger partial charge < -0.3 is 0 Å². The Balaban J connectivity index is 2.18. The van der Waals surface area contributed by atoms with E-state index in [2.05, 4.69) is 17.2 Å². The molecule has 1 aromatic rings. The molecule has 1 aliphatic heterocycles. The van der Waals surface area contributed by atoms with Crippen LogP contribution in [0.2, 0.25) is 0 Å². The van der Waals surface area contributed by atoms with Gasteiger partial charge in [-0.05, 0) is 5.56 Å². The highest BCUT2D eigenvalue weighted by molar-refractivity contribution is 7.98. The smallest absolute Gasteiger partial charge is 0.0899 e. The van der Waals surface area contributed by atoms with E-state index in [-0.39, 0.29) is 5.25 Å². The van der Waals surface area contributed by atoms with Crippen molar-refractivity contribution < 1.29 is 0 Å². The predicted octanol–water partition coefficient (Wildman–Crippen LogP) is 1.55. The molecule has 1 heterocycles. The third-order valence-electron chi connectivity index (χ3n) is 1.67. The summed E-state index contributed by atoms with van der Waals surface area (Å²) < 4.78 is 1.39. The maximum Gasteiger partial charge on any atom is 0.0899 e. The normalized spacial score (nSPS) is 21.8. The van der Waals surface area contributed by atoms with Gasteiger partial charge in [0, 0.05) is 18.2 Å². The topological polar surface area (TPSA) is 41.6 Å².